The molecule has 3 amide bonds. The molecule has 0 radical (unpaired) electrons. The molecule has 0 aromatic rings. The third kappa shape index (κ3) is 6.96. The van der Waals surface area contributed by atoms with Crippen LogP contribution >= 0.6 is 0 Å². The molecule has 0 spiro atoms. The number of carbonyl (C=O) groups is 3. The Kier molecular flexibility index (Phi) is 6.48. The average Bonchev–Trinajstić information content (AvgIpc) is 2.22. The minimum Gasteiger partial charge on any atom is -0.444 e. The van der Waals surface area contributed by atoms with Crippen molar-refractivity contribution in [3.8, 4) is 0 Å². The Morgan fingerprint density at radius 1 is 1.05 bits per heavy atom. The van der Waals surface area contributed by atoms with E-state index in [1.165, 1.54) is 6.92 Å². The molecule has 0 aliphatic rings. The molecule has 0 unspecified atom stereocenters. The van der Waals surface area contributed by atoms with Gasteiger partial charge in [0.05, 0.1) is 0 Å². The number of alkyl carbamates (subject to hydrolysis) is 1. The molecule has 2 atom stereocenters. The lowest BCUT2D eigenvalue weighted by atomic mass is 10.0. The molecule has 0 fully saturated rings. The molecule has 0 aromatic heterocycles. The third-order valence-electron chi connectivity index (χ3n) is 2.41. The van der Waals surface area contributed by atoms with Crippen molar-refractivity contribution >= 4 is 17.9 Å². The predicted molar refractivity (Wildman–Crippen MR) is 74.8 cm³/mol. The first-order valence-corrected chi connectivity index (χ1v) is 6.53. The van der Waals surface area contributed by atoms with Crippen molar-refractivity contribution in [2.45, 2.75) is 59.2 Å². The molecule has 7 nitrogen and oxygen atoms in total. The number of hydrogen-bond acceptors (Lipinski definition) is 4. The maximum atomic E-state index is 12.0. The van der Waals surface area contributed by atoms with Crippen molar-refractivity contribution in [1.82, 2.24) is 10.6 Å². The Balaban J connectivity index is 4.69. The highest BCUT2D eigenvalue weighted by Crippen LogP contribution is 2.09. The van der Waals surface area contributed by atoms with E-state index < -0.39 is 35.6 Å². The molecular weight excluding hydrogens is 262 g/mol. The first-order valence-electron chi connectivity index (χ1n) is 6.53. The van der Waals surface area contributed by atoms with E-state index in [0.717, 1.165) is 0 Å². The van der Waals surface area contributed by atoms with Crippen LogP contribution in [0.3, 0.4) is 0 Å². The van der Waals surface area contributed by atoms with Gasteiger partial charge in [-0.3, -0.25) is 9.59 Å². The van der Waals surface area contributed by atoms with Crippen LogP contribution < -0.4 is 16.4 Å². The monoisotopic (exact) mass is 287 g/mol. The van der Waals surface area contributed by atoms with Crippen molar-refractivity contribution < 1.29 is 19.1 Å². The molecule has 0 saturated carbocycles. The molecule has 0 aromatic carbocycles. The number of nitrogens with two attached hydrogens (primary N) is 1. The Morgan fingerprint density at radius 3 is 1.90 bits per heavy atom. The fourth-order valence-corrected chi connectivity index (χ4v) is 1.34. The lowest BCUT2D eigenvalue weighted by molar-refractivity contribution is -0.129. The summed E-state index contributed by atoms with van der Waals surface area (Å²) in [5.74, 6) is -1.28. The quantitative estimate of drug-likeness (QED) is 0.684. The molecule has 4 N–H and O–H groups in total. The zero-order chi connectivity index (χ0) is 16.1. The van der Waals surface area contributed by atoms with E-state index >= 15 is 0 Å². The van der Waals surface area contributed by atoms with Crippen molar-refractivity contribution in [2.24, 2.45) is 11.7 Å². The van der Waals surface area contributed by atoms with Crippen LogP contribution in [0.25, 0.3) is 0 Å². The summed E-state index contributed by atoms with van der Waals surface area (Å²) < 4.78 is 5.10. The topological polar surface area (TPSA) is 111 Å². The van der Waals surface area contributed by atoms with Gasteiger partial charge in [0.1, 0.15) is 17.7 Å². The lowest BCUT2D eigenvalue weighted by Gasteiger charge is -2.25. The molecule has 7 heteroatoms. The van der Waals surface area contributed by atoms with Crippen LogP contribution in [-0.4, -0.2) is 35.6 Å². The first kappa shape index (κ1) is 18.2. The summed E-state index contributed by atoms with van der Waals surface area (Å²) in [5.41, 5.74) is 4.43. The minimum atomic E-state index is -0.802. The molecule has 0 saturated heterocycles. The van der Waals surface area contributed by atoms with E-state index in [2.05, 4.69) is 10.6 Å². The van der Waals surface area contributed by atoms with E-state index in [1.807, 2.05) is 0 Å². The van der Waals surface area contributed by atoms with Crippen molar-refractivity contribution in [3.63, 3.8) is 0 Å². The maximum Gasteiger partial charge on any atom is 0.408 e. The highest BCUT2D eigenvalue weighted by atomic mass is 16.6. The average molecular weight is 287 g/mol. The zero-order valence-electron chi connectivity index (χ0n) is 12.9. The van der Waals surface area contributed by atoms with E-state index in [9.17, 15) is 14.4 Å². The molecule has 0 bridgehead atoms. The standard InChI is InChI=1S/C13H25N3O4/c1-7(2)9(11(18)15-8(3)10(14)17)16-12(19)20-13(4,5)6/h7-9H,1-6H3,(H2,14,17)(H,15,18)(H,16,19)/t8-,9+/m1/s1. The Bertz CT molecular complexity index is 374. The van der Waals surface area contributed by atoms with E-state index in [0.29, 0.717) is 0 Å². The Hall–Kier alpha value is -1.79. The largest absolute Gasteiger partial charge is 0.444 e. The fourth-order valence-electron chi connectivity index (χ4n) is 1.34. The van der Waals surface area contributed by atoms with Gasteiger partial charge < -0.3 is 21.1 Å². The molecule has 0 aliphatic heterocycles. The highest BCUT2D eigenvalue weighted by Gasteiger charge is 2.28. The van der Waals surface area contributed by atoms with Crippen LogP contribution in [0, 0.1) is 5.92 Å². The third-order valence-corrected chi connectivity index (χ3v) is 2.41. The van der Waals surface area contributed by atoms with Crippen molar-refractivity contribution in [1.29, 1.82) is 0 Å². The predicted octanol–water partition coefficient (Wildman–Crippen LogP) is 0.526. The van der Waals surface area contributed by atoms with E-state index in [-0.39, 0.29) is 5.92 Å². The Labute approximate surface area is 119 Å². The molecular formula is C13H25N3O4. The number of amides is 3. The second-order valence-corrected chi connectivity index (χ2v) is 6.00. The lowest BCUT2D eigenvalue weighted by Crippen LogP contribution is -2.54. The normalized spacial score (nSPS) is 14.3. The van der Waals surface area contributed by atoms with Crippen molar-refractivity contribution in [2.75, 3.05) is 0 Å². The van der Waals surface area contributed by atoms with Crippen LogP contribution in [0.1, 0.15) is 41.5 Å². The summed E-state index contributed by atoms with van der Waals surface area (Å²) >= 11 is 0. The van der Waals surface area contributed by atoms with Gasteiger partial charge in [-0.1, -0.05) is 13.8 Å². The summed E-state index contributed by atoms with van der Waals surface area (Å²) in [4.78, 5) is 34.6. The number of ether oxygens (including phenoxy) is 1. The van der Waals surface area contributed by atoms with Gasteiger partial charge in [0.15, 0.2) is 0 Å². The van der Waals surface area contributed by atoms with E-state index in [4.69, 9.17) is 10.5 Å². The van der Waals surface area contributed by atoms with Gasteiger partial charge in [-0.05, 0) is 33.6 Å². The molecule has 0 rings (SSSR count). The zero-order valence-corrected chi connectivity index (χ0v) is 12.9. The number of primary amides is 1. The van der Waals surface area contributed by atoms with Gasteiger partial charge in [0.25, 0.3) is 0 Å². The molecule has 116 valence electrons. The second-order valence-electron chi connectivity index (χ2n) is 6.00. The number of carbonyl (C=O) groups excluding carboxylic acids is 3. The van der Waals surface area contributed by atoms with Crippen LogP contribution in [0.2, 0.25) is 0 Å². The Morgan fingerprint density at radius 2 is 1.55 bits per heavy atom. The molecule has 0 aliphatic carbocycles. The fraction of sp³-hybridized carbons (Fsp3) is 0.769. The van der Waals surface area contributed by atoms with Gasteiger partial charge >= 0.3 is 6.09 Å². The van der Waals surface area contributed by atoms with Gasteiger partial charge in [-0.15, -0.1) is 0 Å². The molecule has 0 heterocycles. The summed E-state index contributed by atoms with van der Waals surface area (Å²) in [5, 5.41) is 4.94. The van der Waals surface area contributed by atoms with Crippen LogP contribution in [0.4, 0.5) is 4.79 Å². The number of nitrogens with one attached hydrogen (secondary N) is 2. The maximum absolute atomic E-state index is 12.0. The van der Waals surface area contributed by atoms with E-state index in [1.54, 1.807) is 34.6 Å². The smallest absolute Gasteiger partial charge is 0.408 e. The van der Waals surface area contributed by atoms with Gasteiger partial charge in [0.2, 0.25) is 11.8 Å². The van der Waals surface area contributed by atoms with Gasteiger partial charge in [-0.2, -0.15) is 0 Å². The minimum absolute atomic E-state index is 0.164. The van der Waals surface area contributed by atoms with Gasteiger partial charge in [-0.25, -0.2) is 4.79 Å². The highest BCUT2D eigenvalue weighted by molar-refractivity contribution is 5.90. The summed E-state index contributed by atoms with van der Waals surface area (Å²) in [6.45, 7) is 10.2. The SMILES string of the molecule is CC(C)[C@H](NC(=O)OC(C)(C)C)C(=O)N[C@H](C)C(N)=O. The van der Waals surface area contributed by atoms with Crippen LogP contribution in [0.5, 0.6) is 0 Å². The van der Waals surface area contributed by atoms with Crippen LogP contribution in [-0.2, 0) is 14.3 Å². The summed E-state index contributed by atoms with van der Waals surface area (Å²) in [6, 6.07) is -1.60. The molecule has 20 heavy (non-hydrogen) atoms. The van der Waals surface area contributed by atoms with Gasteiger partial charge in [0, 0.05) is 0 Å². The number of rotatable bonds is 5. The second kappa shape index (κ2) is 7.12. The van der Waals surface area contributed by atoms with Crippen LogP contribution in [0.15, 0.2) is 0 Å². The summed E-state index contributed by atoms with van der Waals surface area (Å²) in [7, 11) is 0. The number of hydrogen-bond donors (Lipinski definition) is 3. The van der Waals surface area contributed by atoms with Crippen molar-refractivity contribution in [3.05, 3.63) is 0 Å². The summed E-state index contributed by atoms with van der Waals surface area (Å²) in [6.07, 6.45) is -0.682. The first-order chi connectivity index (χ1) is 8.94.